The lowest BCUT2D eigenvalue weighted by Gasteiger charge is -2.34. The number of nitrogens with one attached hydrogen (secondary N) is 1. The van der Waals surface area contributed by atoms with Crippen molar-refractivity contribution < 1.29 is 9.53 Å². The van der Waals surface area contributed by atoms with Crippen LogP contribution in [0.4, 0.5) is 5.69 Å². The van der Waals surface area contributed by atoms with Crippen LogP contribution >= 0.6 is 15.9 Å². The van der Waals surface area contributed by atoms with Gasteiger partial charge < -0.3 is 15.8 Å². The number of halogens is 1. The molecule has 0 aliphatic carbocycles. The van der Waals surface area contributed by atoms with E-state index in [-0.39, 0.29) is 5.91 Å². The fourth-order valence-electron chi connectivity index (χ4n) is 2.64. The van der Waals surface area contributed by atoms with E-state index >= 15 is 0 Å². The molecule has 1 fully saturated rings. The Hall–Kier alpha value is -0.910. The minimum atomic E-state index is -0.496. The van der Waals surface area contributed by atoms with Crippen LogP contribution in [0.2, 0.25) is 0 Å². The third-order valence-electron chi connectivity index (χ3n) is 4.06. The zero-order valence-corrected chi connectivity index (χ0v) is 13.5. The van der Waals surface area contributed by atoms with E-state index in [2.05, 4.69) is 21.2 Å². The van der Waals surface area contributed by atoms with Crippen molar-refractivity contribution in [1.82, 2.24) is 0 Å². The summed E-state index contributed by atoms with van der Waals surface area (Å²) in [5.41, 5.74) is 8.35. The second-order valence-corrected chi connectivity index (χ2v) is 6.38. The van der Waals surface area contributed by atoms with Gasteiger partial charge in [0, 0.05) is 29.9 Å². The monoisotopic (exact) mass is 340 g/mol. The van der Waals surface area contributed by atoms with Crippen molar-refractivity contribution in [2.24, 2.45) is 11.1 Å². The van der Waals surface area contributed by atoms with Crippen LogP contribution < -0.4 is 11.1 Å². The number of nitrogens with two attached hydrogens (primary N) is 1. The molecule has 0 saturated carbocycles. The normalized spacial score (nSPS) is 17.8. The van der Waals surface area contributed by atoms with E-state index in [1.807, 2.05) is 26.0 Å². The van der Waals surface area contributed by atoms with Crippen molar-refractivity contribution in [3.05, 3.63) is 27.7 Å². The van der Waals surface area contributed by atoms with Crippen LogP contribution in [0.1, 0.15) is 24.0 Å². The summed E-state index contributed by atoms with van der Waals surface area (Å²) in [4.78, 5) is 12.7. The molecule has 1 aliphatic heterocycles. The first-order valence-corrected chi connectivity index (χ1v) is 7.64. The number of aryl methyl sites for hydroxylation is 2. The van der Waals surface area contributed by atoms with Gasteiger partial charge in [0.2, 0.25) is 5.91 Å². The minimum absolute atomic E-state index is 0.0109. The smallest absolute Gasteiger partial charge is 0.232 e. The van der Waals surface area contributed by atoms with Crippen molar-refractivity contribution >= 4 is 27.5 Å². The second kappa shape index (κ2) is 6.24. The molecule has 1 amide bonds. The highest BCUT2D eigenvalue weighted by molar-refractivity contribution is 9.10. The Labute approximate surface area is 128 Å². The third kappa shape index (κ3) is 3.05. The van der Waals surface area contributed by atoms with Crippen molar-refractivity contribution in [2.75, 3.05) is 25.1 Å². The van der Waals surface area contributed by atoms with Crippen LogP contribution in [-0.2, 0) is 9.53 Å². The van der Waals surface area contributed by atoms with Crippen LogP contribution in [0.3, 0.4) is 0 Å². The summed E-state index contributed by atoms with van der Waals surface area (Å²) in [6.45, 7) is 5.54. The van der Waals surface area contributed by atoms with E-state index < -0.39 is 5.41 Å². The summed E-state index contributed by atoms with van der Waals surface area (Å²) >= 11 is 3.46. The van der Waals surface area contributed by atoms with E-state index in [0.29, 0.717) is 32.6 Å². The molecule has 1 aromatic carbocycles. The lowest BCUT2D eigenvalue weighted by molar-refractivity contribution is -0.130. The molecular weight excluding hydrogens is 320 g/mol. The molecule has 0 radical (unpaired) electrons. The molecule has 1 aliphatic rings. The highest BCUT2D eigenvalue weighted by atomic mass is 79.9. The Morgan fingerprint density at radius 1 is 1.35 bits per heavy atom. The summed E-state index contributed by atoms with van der Waals surface area (Å²) in [6, 6.07) is 4.00. The quantitative estimate of drug-likeness (QED) is 0.889. The van der Waals surface area contributed by atoms with Crippen LogP contribution in [0.25, 0.3) is 0 Å². The largest absolute Gasteiger partial charge is 0.381 e. The fourth-order valence-corrected chi connectivity index (χ4v) is 3.33. The zero-order chi connectivity index (χ0) is 14.8. The van der Waals surface area contributed by atoms with Crippen LogP contribution in [0.5, 0.6) is 0 Å². The topological polar surface area (TPSA) is 64.4 Å². The molecule has 5 heteroatoms. The van der Waals surface area contributed by atoms with E-state index in [1.54, 1.807) is 0 Å². The number of anilines is 1. The molecule has 0 atom stereocenters. The molecular formula is C15H21BrN2O2. The summed E-state index contributed by atoms with van der Waals surface area (Å²) < 4.78 is 6.37. The van der Waals surface area contributed by atoms with E-state index in [4.69, 9.17) is 10.5 Å². The van der Waals surface area contributed by atoms with Gasteiger partial charge in [0.1, 0.15) is 0 Å². The molecule has 0 bridgehead atoms. The van der Waals surface area contributed by atoms with Gasteiger partial charge in [-0.25, -0.2) is 0 Å². The van der Waals surface area contributed by atoms with Crippen molar-refractivity contribution in [3.8, 4) is 0 Å². The lowest BCUT2D eigenvalue weighted by atomic mass is 9.79. The number of carbonyl (C=O) groups is 1. The SMILES string of the molecule is Cc1cc(Br)cc(C)c1NC(=O)C1(CN)CCOCC1. The standard InChI is InChI=1S/C15H21BrN2O2/c1-10-7-12(16)8-11(2)13(10)18-14(19)15(9-17)3-5-20-6-4-15/h7-8H,3-6,9,17H2,1-2H3,(H,18,19). The van der Waals surface area contributed by atoms with Gasteiger partial charge >= 0.3 is 0 Å². The first-order chi connectivity index (χ1) is 9.48. The summed E-state index contributed by atoms with van der Waals surface area (Å²) in [7, 11) is 0. The Bertz CT molecular complexity index is 488. The molecule has 0 spiro atoms. The number of benzene rings is 1. The molecule has 2 rings (SSSR count). The van der Waals surface area contributed by atoms with Gasteiger partial charge in [-0.15, -0.1) is 0 Å². The van der Waals surface area contributed by atoms with E-state index in [0.717, 1.165) is 21.3 Å². The number of hydrogen-bond donors (Lipinski definition) is 2. The maximum atomic E-state index is 12.7. The molecule has 3 N–H and O–H groups in total. The molecule has 0 aromatic heterocycles. The van der Waals surface area contributed by atoms with Gasteiger partial charge in [0.05, 0.1) is 5.41 Å². The number of rotatable bonds is 3. The van der Waals surface area contributed by atoms with E-state index in [1.165, 1.54) is 0 Å². The third-order valence-corrected chi connectivity index (χ3v) is 4.52. The van der Waals surface area contributed by atoms with Gasteiger partial charge in [-0.2, -0.15) is 0 Å². The van der Waals surface area contributed by atoms with Crippen molar-refractivity contribution in [1.29, 1.82) is 0 Å². The number of hydrogen-bond acceptors (Lipinski definition) is 3. The Morgan fingerprint density at radius 3 is 2.40 bits per heavy atom. The summed E-state index contributed by atoms with van der Waals surface area (Å²) in [6.07, 6.45) is 1.37. The second-order valence-electron chi connectivity index (χ2n) is 5.47. The van der Waals surface area contributed by atoms with Crippen LogP contribution in [0.15, 0.2) is 16.6 Å². The number of amides is 1. The van der Waals surface area contributed by atoms with Gasteiger partial charge in [0.15, 0.2) is 0 Å². The number of carbonyl (C=O) groups excluding carboxylic acids is 1. The van der Waals surface area contributed by atoms with E-state index in [9.17, 15) is 4.79 Å². The molecule has 1 heterocycles. The minimum Gasteiger partial charge on any atom is -0.381 e. The molecule has 0 unspecified atom stereocenters. The van der Waals surface area contributed by atoms with Crippen LogP contribution in [0, 0.1) is 19.3 Å². The number of ether oxygens (including phenoxy) is 1. The average molecular weight is 341 g/mol. The van der Waals surface area contributed by atoms with Crippen molar-refractivity contribution in [2.45, 2.75) is 26.7 Å². The molecule has 20 heavy (non-hydrogen) atoms. The summed E-state index contributed by atoms with van der Waals surface area (Å²) in [5.74, 6) is 0.0109. The molecule has 110 valence electrons. The van der Waals surface area contributed by atoms with Crippen LogP contribution in [-0.4, -0.2) is 25.7 Å². The van der Waals surface area contributed by atoms with Gasteiger partial charge in [-0.3, -0.25) is 4.79 Å². The first kappa shape index (κ1) is 15.5. The first-order valence-electron chi connectivity index (χ1n) is 6.84. The maximum Gasteiger partial charge on any atom is 0.232 e. The van der Waals surface area contributed by atoms with Gasteiger partial charge in [0.25, 0.3) is 0 Å². The molecule has 1 aromatic rings. The highest BCUT2D eigenvalue weighted by Crippen LogP contribution is 2.32. The van der Waals surface area contributed by atoms with Crippen molar-refractivity contribution in [3.63, 3.8) is 0 Å². The Balaban J connectivity index is 2.23. The van der Waals surface area contributed by atoms with Gasteiger partial charge in [-0.1, -0.05) is 15.9 Å². The lowest BCUT2D eigenvalue weighted by Crippen LogP contribution is -2.46. The fraction of sp³-hybridized carbons (Fsp3) is 0.533. The zero-order valence-electron chi connectivity index (χ0n) is 12.0. The maximum absolute atomic E-state index is 12.7. The predicted molar refractivity (Wildman–Crippen MR) is 83.8 cm³/mol. The highest BCUT2D eigenvalue weighted by Gasteiger charge is 2.39. The molecule has 1 saturated heterocycles. The average Bonchev–Trinajstić information content (AvgIpc) is 2.43. The Morgan fingerprint density at radius 2 is 1.90 bits per heavy atom. The summed E-state index contributed by atoms with van der Waals surface area (Å²) in [5, 5.41) is 3.07. The Kier molecular flexibility index (Phi) is 4.83. The predicted octanol–water partition coefficient (Wildman–Crippen LogP) is 2.76. The molecule has 4 nitrogen and oxygen atoms in total. The van der Waals surface area contributed by atoms with Gasteiger partial charge in [-0.05, 0) is 49.9 Å².